The molecule has 0 aromatic rings. The Morgan fingerprint density at radius 2 is 1.46 bits per heavy atom. The van der Waals surface area contributed by atoms with Crippen LogP contribution in [0.1, 0.15) is 66.7 Å². The van der Waals surface area contributed by atoms with Crippen LogP contribution in [0.3, 0.4) is 0 Å². The molecule has 0 radical (unpaired) electrons. The van der Waals surface area contributed by atoms with E-state index in [0.29, 0.717) is 17.6 Å². The van der Waals surface area contributed by atoms with Crippen molar-refractivity contribution in [2.45, 2.75) is 66.7 Å². The summed E-state index contributed by atoms with van der Waals surface area (Å²) in [6.07, 6.45) is 14.3. The van der Waals surface area contributed by atoms with Gasteiger partial charge in [0.1, 0.15) is 0 Å². The topological polar surface area (TPSA) is 34.1 Å². The minimum Gasteiger partial charge on any atom is -0.290 e. The van der Waals surface area contributed by atoms with Crippen LogP contribution in [0, 0.1) is 0 Å². The summed E-state index contributed by atoms with van der Waals surface area (Å²) in [6.45, 7) is 10.2. The van der Waals surface area contributed by atoms with Crippen molar-refractivity contribution >= 4 is 11.6 Å². The highest BCUT2D eigenvalue weighted by Crippen LogP contribution is 2.18. The molecule has 0 spiro atoms. The van der Waals surface area contributed by atoms with E-state index in [-0.39, 0.29) is 11.6 Å². The summed E-state index contributed by atoms with van der Waals surface area (Å²) < 4.78 is 0. The van der Waals surface area contributed by atoms with Crippen molar-refractivity contribution in [2.75, 3.05) is 0 Å². The van der Waals surface area contributed by atoms with Crippen molar-refractivity contribution in [3.8, 4) is 0 Å². The second-order valence-electron chi connectivity index (χ2n) is 6.89. The SMILES string of the molecule is CC(C)=CCCC(C)=CCCC(C)=CCC1=CC(=O)C=C(C)C1=O. The molecular formula is C22H30O2. The Hall–Kier alpha value is -1.96. The van der Waals surface area contributed by atoms with Gasteiger partial charge in [0.05, 0.1) is 0 Å². The fourth-order valence-corrected chi connectivity index (χ4v) is 2.59. The van der Waals surface area contributed by atoms with Gasteiger partial charge in [-0.1, -0.05) is 34.9 Å². The molecule has 0 aromatic heterocycles. The van der Waals surface area contributed by atoms with Gasteiger partial charge in [-0.2, -0.15) is 0 Å². The zero-order chi connectivity index (χ0) is 18.1. The van der Waals surface area contributed by atoms with Crippen LogP contribution in [0.2, 0.25) is 0 Å². The lowest BCUT2D eigenvalue weighted by atomic mass is 9.94. The van der Waals surface area contributed by atoms with Gasteiger partial charge in [-0.3, -0.25) is 9.59 Å². The van der Waals surface area contributed by atoms with Crippen LogP contribution in [-0.2, 0) is 9.59 Å². The molecule has 0 fully saturated rings. The van der Waals surface area contributed by atoms with Gasteiger partial charge in [0.2, 0.25) is 0 Å². The second kappa shape index (κ2) is 10.0. The minimum absolute atomic E-state index is 0.00587. The maximum absolute atomic E-state index is 12.0. The Morgan fingerprint density at radius 3 is 2.08 bits per heavy atom. The van der Waals surface area contributed by atoms with E-state index < -0.39 is 0 Å². The maximum atomic E-state index is 12.0. The molecule has 24 heavy (non-hydrogen) atoms. The Morgan fingerprint density at radius 1 is 0.875 bits per heavy atom. The van der Waals surface area contributed by atoms with E-state index in [2.05, 4.69) is 45.9 Å². The number of hydrogen-bond acceptors (Lipinski definition) is 2. The molecule has 0 saturated carbocycles. The second-order valence-corrected chi connectivity index (χ2v) is 6.89. The predicted octanol–water partition coefficient (Wildman–Crippen LogP) is 5.82. The molecule has 0 unspecified atom stereocenters. The van der Waals surface area contributed by atoms with Crippen molar-refractivity contribution in [3.63, 3.8) is 0 Å². The van der Waals surface area contributed by atoms with Gasteiger partial charge in [0.25, 0.3) is 0 Å². The standard InChI is InChI=1S/C22H30O2/c1-16(2)8-6-9-17(3)10-7-11-18(4)12-13-20-15-21(23)14-19(5)22(20)24/h8,10,12,14-15H,6-7,9,11,13H2,1-5H3. The lowest BCUT2D eigenvalue weighted by Gasteiger charge is -2.09. The molecule has 1 aliphatic rings. The fourth-order valence-electron chi connectivity index (χ4n) is 2.59. The van der Waals surface area contributed by atoms with Crippen LogP contribution in [-0.4, -0.2) is 11.6 Å². The van der Waals surface area contributed by atoms with E-state index in [1.807, 2.05) is 0 Å². The molecular weight excluding hydrogens is 296 g/mol. The van der Waals surface area contributed by atoms with Crippen molar-refractivity contribution < 1.29 is 9.59 Å². The van der Waals surface area contributed by atoms with Gasteiger partial charge in [-0.25, -0.2) is 0 Å². The Bertz CT molecular complexity index is 633. The van der Waals surface area contributed by atoms with Gasteiger partial charge in [0.15, 0.2) is 11.6 Å². The van der Waals surface area contributed by atoms with Crippen LogP contribution in [0.5, 0.6) is 0 Å². The molecule has 1 rings (SSSR count). The molecule has 0 aromatic carbocycles. The molecule has 130 valence electrons. The molecule has 0 saturated heterocycles. The summed E-state index contributed by atoms with van der Waals surface area (Å²) >= 11 is 0. The van der Waals surface area contributed by atoms with Gasteiger partial charge in [-0.15, -0.1) is 0 Å². The lowest BCUT2D eigenvalue weighted by molar-refractivity contribution is -0.115. The van der Waals surface area contributed by atoms with Crippen LogP contribution < -0.4 is 0 Å². The maximum Gasteiger partial charge on any atom is 0.185 e. The molecule has 0 N–H and O–H groups in total. The molecule has 0 amide bonds. The highest BCUT2D eigenvalue weighted by Gasteiger charge is 2.17. The van der Waals surface area contributed by atoms with Gasteiger partial charge in [-0.05, 0) is 78.9 Å². The summed E-state index contributed by atoms with van der Waals surface area (Å²) in [4.78, 5) is 23.5. The quantitative estimate of drug-likeness (QED) is 0.416. The summed E-state index contributed by atoms with van der Waals surface area (Å²) in [5.41, 5.74) is 5.21. The van der Waals surface area contributed by atoms with Crippen LogP contribution in [0.4, 0.5) is 0 Å². The number of hydrogen-bond donors (Lipinski definition) is 0. The number of carbonyl (C=O) groups is 2. The van der Waals surface area contributed by atoms with E-state index in [4.69, 9.17) is 0 Å². The zero-order valence-corrected chi connectivity index (χ0v) is 15.7. The molecule has 0 aliphatic heterocycles. The first kappa shape index (κ1) is 20.1. The third-order valence-corrected chi connectivity index (χ3v) is 4.12. The van der Waals surface area contributed by atoms with Gasteiger partial charge < -0.3 is 0 Å². The minimum atomic E-state index is -0.0805. The summed E-state index contributed by atoms with van der Waals surface area (Å²) in [5.74, 6) is -0.0864. The van der Waals surface area contributed by atoms with E-state index in [1.165, 1.54) is 28.9 Å². The number of rotatable bonds is 8. The van der Waals surface area contributed by atoms with E-state index in [1.54, 1.807) is 6.92 Å². The Kier molecular flexibility index (Phi) is 8.39. The predicted molar refractivity (Wildman–Crippen MR) is 102 cm³/mol. The number of ketones is 2. The molecule has 2 heteroatoms. The van der Waals surface area contributed by atoms with Crippen molar-refractivity contribution in [2.24, 2.45) is 0 Å². The monoisotopic (exact) mass is 326 g/mol. The molecule has 0 atom stereocenters. The Labute approximate surface area is 146 Å². The summed E-state index contributed by atoms with van der Waals surface area (Å²) in [6, 6.07) is 0. The van der Waals surface area contributed by atoms with Crippen molar-refractivity contribution in [1.29, 1.82) is 0 Å². The highest BCUT2D eigenvalue weighted by molar-refractivity contribution is 6.20. The summed E-state index contributed by atoms with van der Waals surface area (Å²) in [7, 11) is 0. The third kappa shape index (κ3) is 7.54. The largest absolute Gasteiger partial charge is 0.290 e. The number of Topliss-reactive ketones (excluding diaryl/α,β-unsaturated/α-hetero) is 1. The molecule has 0 bridgehead atoms. The van der Waals surface area contributed by atoms with E-state index in [0.717, 1.165) is 25.7 Å². The summed E-state index contributed by atoms with van der Waals surface area (Å²) in [5, 5.41) is 0. The lowest BCUT2D eigenvalue weighted by Crippen LogP contribution is -2.12. The smallest absolute Gasteiger partial charge is 0.185 e. The number of carbonyl (C=O) groups excluding carboxylic acids is 2. The zero-order valence-electron chi connectivity index (χ0n) is 15.7. The van der Waals surface area contributed by atoms with Crippen LogP contribution in [0.15, 0.2) is 58.2 Å². The van der Waals surface area contributed by atoms with Gasteiger partial charge >= 0.3 is 0 Å². The van der Waals surface area contributed by atoms with E-state index in [9.17, 15) is 9.59 Å². The fraction of sp³-hybridized carbons (Fsp3) is 0.455. The molecule has 1 aliphatic carbocycles. The van der Waals surface area contributed by atoms with Crippen molar-refractivity contribution in [1.82, 2.24) is 0 Å². The highest BCUT2D eigenvalue weighted by atomic mass is 16.1. The first-order chi connectivity index (χ1) is 11.3. The van der Waals surface area contributed by atoms with Gasteiger partial charge in [0, 0.05) is 11.1 Å². The number of allylic oxidation sites excluding steroid dienone is 10. The first-order valence-corrected chi connectivity index (χ1v) is 8.71. The normalized spacial score (nSPS) is 16.0. The average molecular weight is 326 g/mol. The molecule has 2 nitrogen and oxygen atoms in total. The van der Waals surface area contributed by atoms with Crippen LogP contribution >= 0.6 is 0 Å². The van der Waals surface area contributed by atoms with Crippen LogP contribution in [0.25, 0.3) is 0 Å². The van der Waals surface area contributed by atoms with E-state index >= 15 is 0 Å². The Balaban J connectivity index is 2.44. The average Bonchev–Trinajstić information content (AvgIpc) is 2.49. The third-order valence-electron chi connectivity index (χ3n) is 4.12. The molecule has 0 heterocycles. The van der Waals surface area contributed by atoms with Crippen molar-refractivity contribution in [3.05, 3.63) is 58.2 Å². The first-order valence-electron chi connectivity index (χ1n) is 8.71.